The van der Waals surface area contributed by atoms with E-state index in [1.807, 2.05) is 14.0 Å². The number of benzene rings is 1. The lowest BCUT2D eigenvalue weighted by molar-refractivity contribution is -0.178. The molecule has 0 N–H and O–H groups in total. The molecular formula is C19H23NO5. The number of rotatable bonds is 2. The maximum absolute atomic E-state index is 12.5. The SMILES string of the molecule is COC(=O)[C@@]12O[C@]13C[C@@H](c1ccc(C)cc1C)N(C)C[C@@]3(C)OC2=O. The van der Waals surface area contributed by atoms with Crippen molar-refractivity contribution in [2.24, 2.45) is 0 Å². The van der Waals surface area contributed by atoms with Crippen LogP contribution >= 0.6 is 0 Å². The van der Waals surface area contributed by atoms with Gasteiger partial charge >= 0.3 is 11.9 Å². The fraction of sp³-hybridized carbons (Fsp3) is 0.579. The Hall–Kier alpha value is -1.92. The lowest BCUT2D eigenvalue weighted by Gasteiger charge is -2.45. The average Bonchev–Trinajstić information content (AvgIpc) is 3.18. The molecule has 3 fully saturated rings. The monoisotopic (exact) mass is 345 g/mol. The minimum Gasteiger partial charge on any atom is -0.466 e. The Balaban J connectivity index is 1.77. The van der Waals surface area contributed by atoms with Gasteiger partial charge in [-0.3, -0.25) is 4.90 Å². The fourth-order valence-electron chi connectivity index (χ4n) is 4.84. The Morgan fingerprint density at radius 2 is 2.08 bits per heavy atom. The van der Waals surface area contributed by atoms with Crippen LogP contribution in [0.3, 0.4) is 0 Å². The van der Waals surface area contributed by atoms with Gasteiger partial charge in [0.05, 0.1) is 7.11 Å². The third kappa shape index (κ3) is 1.81. The first-order valence-corrected chi connectivity index (χ1v) is 8.50. The number of esters is 2. The van der Waals surface area contributed by atoms with Crippen LogP contribution in [-0.2, 0) is 23.8 Å². The van der Waals surface area contributed by atoms with E-state index in [1.165, 1.54) is 23.8 Å². The summed E-state index contributed by atoms with van der Waals surface area (Å²) in [6.45, 7) is 6.49. The first kappa shape index (κ1) is 16.5. The topological polar surface area (TPSA) is 68.4 Å². The Bertz CT molecular complexity index is 792. The van der Waals surface area contributed by atoms with Crippen LogP contribution in [0.1, 0.15) is 36.1 Å². The zero-order chi connectivity index (χ0) is 18.2. The number of piperidine rings is 1. The summed E-state index contributed by atoms with van der Waals surface area (Å²) in [5.41, 5.74) is 0.147. The molecule has 3 saturated heterocycles. The van der Waals surface area contributed by atoms with Crippen LogP contribution in [0.2, 0.25) is 0 Å². The van der Waals surface area contributed by atoms with Gasteiger partial charge in [0, 0.05) is 19.0 Å². The predicted octanol–water partition coefficient (Wildman–Crippen LogP) is 1.68. The summed E-state index contributed by atoms with van der Waals surface area (Å²) >= 11 is 0. The number of likely N-dealkylation sites (tertiary alicyclic amines) is 1. The van der Waals surface area contributed by atoms with E-state index in [-0.39, 0.29) is 6.04 Å². The maximum Gasteiger partial charge on any atom is 0.354 e. The summed E-state index contributed by atoms with van der Waals surface area (Å²) in [7, 11) is 3.28. The Morgan fingerprint density at radius 3 is 2.72 bits per heavy atom. The van der Waals surface area contributed by atoms with Crippen LogP contribution in [0.5, 0.6) is 0 Å². The summed E-state index contributed by atoms with van der Waals surface area (Å²) in [5.74, 6) is -1.29. The van der Waals surface area contributed by atoms with E-state index < -0.39 is 28.7 Å². The molecule has 3 aliphatic heterocycles. The van der Waals surface area contributed by atoms with Crippen LogP contribution < -0.4 is 0 Å². The molecular weight excluding hydrogens is 322 g/mol. The highest BCUT2D eigenvalue weighted by atomic mass is 16.7. The summed E-state index contributed by atoms with van der Waals surface area (Å²) in [6.07, 6.45) is 0.505. The number of carbonyl (C=O) groups is 2. The number of hydrogen-bond donors (Lipinski definition) is 0. The van der Waals surface area contributed by atoms with E-state index in [9.17, 15) is 9.59 Å². The number of likely N-dealkylation sites (N-methyl/N-ethyl adjacent to an activating group) is 1. The quantitative estimate of drug-likeness (QED) is 0.461. The van der Waals surface area contributed by atoms with Gasteiger partial charge in [-0.25, -0.2) is 9.59 Å². The van der Waals surface area contributed by atoms with Gasteiger partial charge in [-0.05, 0) is 38.9 Å². The molecule has 1 aromatic rings. The molecule has 1 aromatic carbocycles. The van der Waals surface area contributed by atoms with Crippen LogP contribution in [-0.4, -0.2) is 54.3 Å². The van der Waals surface area contributed by atoms with Crippen molar-refractivity contribution in [1.29, 1.82) is 0 Å². The molecule has 0 amide bonds. The zero-order valence-corrected chi connectivity index (χ0v) is 15.2. The summed E-state index contributed by atoms with van der Waals surface area (Å²) in [5, 5.41) is 0. The van der Waals surface area contributed by atoms with E-state index in [1.54, 1.807) is 0 Å². The van der Waals surface area contributed by atoms with E-state index in [2.05, 4.69) is 36.9 Å². The van der Waals surface area contributed by atoms with Crippen molar-refractivity contribution in [1.82, 2.24) is 4.90 Å². The Labute approximate surface area is 147 Å². The predicted molar refractivity (Wildman–Crippen MR) is 89.0 cm³/mol. The van der Waals surface area contributed by atoms with E-state index >= 15 is 0 Å². The maximum atomic E-state index is 12.5. The highest BCUT2D eigenvalue weighted by Gasteiger charge is 2.93. The number of nitrogens with zero attached hydrogens (tertiary/aromatic N) is 1. The van der Waals surface area contributed by atoms with Gasteiger partial charge in [0.25, 0.3) is 5.60 Å². The molecule has 3 heterocycles. The lowest BCUT2D eigenvalue weighted by Crippen LogP contribution is -2.58. The molecule has 6 nitrogen and oxygen atoms in total. The molecule has 0 aliphatic carbocycles. The third-order valence-electron chi connectivity index (χ3n) is 6.14. The highest BCUT2D eigenvalue weighted by Crippen LogP contribution is 2.68. The van der Waals surface area contributed by atoms with Gasteiger partial charge in [0.1, 0.15) is 0 Å². The van der Waals surface area contributed by atoms with E-state index in [0.29, 0.717) is 13.0 Å². The summed E-state index contributed by atoms with van der Waals surface area (Å²) in [4.78, 5) is 27.0. The standard InChI is InChI=1S/C19H23NO5/c1-11-6-7-13(12(2)8-11)14-9-18-17(3,10-20(14)4)24-16(22)19(18,25-18)15(21)23-5/h6-8,14H,9-10H2,1-5H3/t14-,17+,18-,19-/m0/s1. The minimum absolute atomic E-state index is 0.0368. The number of aryl methyl sites for hydroxylation is 2. The molecule has 4 rings (SSSR count). The van der Waals surface area contributed by atoms with Crippen molar-refractivity contribution in [2.45, 2.75) is 50.0 Å². The third-order valence-corrected chi connectivity index (χ3v) is 6.14. The molecule has 0 aromatic heterocycles. The van der Waals surface area contributed by atoms with E-state index in [4.69, 9.17) is 14.2 Å². The molecule has 3 aliphatic rings. The van der Waals surface area contributed by atoms with Gasteiger partial charge in [0.2, 0.25) is 0 Å². The highest BCUT2D eigenvalue weighted by molar-refractivity contribution is 6.11. The summed E-state index contributed by atoms with van der Waals surface area (Å²) in [6, 6.07) is 6.38. The molecule has 0 radical (unpaired) electrons. The van der Waals surface area contributed by atoms with Crippen LogP contribution in [0.4, 0.5) is 0 Å². The minimum atomic E-state index is -1.60. The largest absolute Gasteiger partial charge is 0.466 e. The normalized spacial score (nSPS) is 39.4. The van der Waals surface area contributed by atoms with Crippen molar-refractivity contribution in [3.05, 3.63) is 34.9 Å². The van der Waals surface area contributed by atoms with Gasteiger partial charge in [-0.2, -0.15) is 0 Å². The number of hydrogen-bond acceptors (Lipinski definition) is 6. The second-order valence-electron chi connectivity index (χ2n) is 7.72. The molecule has 134 valence electrons. The first-order chi connectivity index (χ1) is 11.7. The van der Waals surface area contributed by atoms with Crippen LogP contribution in [0, 0.1) is 13.8 Å². The lowest BCUT2D eigenvalue weighted by atomic mass is 9.72. The molecule has 0 unspecified atom stereocenters. The van der Waals surface area contributed by atoms with Crippen LogP contribution in [0.25, 0.3) is 0 Å². The second kappa shape index (κ2) is 4.83. The fourth-order valence-corrected chi connectivity index (χ4v) is 4.84. The van der Waals surface area contributed by atoms with Gasteiger partial charge in [-0.15, -0.1) is 0 Å². The van der Waals surface area contributed by atoms with Gasteiger partial charge in [0.15, 0.2) is 11.2 Å². The van der Waals surface area contributed by atoms with Gasteiger partial charge < -0.3 is 14.2 Å². The first-order valence-electron chi connectivity index (χ1n) is 8.50. The number of ether oxygens (including phenoxy) is 3. The smallest absolute Gasteiger partial charge is 0.354 e. The second-order valence-corrected chi connectivity index (χ2v) is 7.72. The molecule has 25 heavy (non-hydrogen) atoms. The molecule has 0 saturated carbocycles. The summed E-state index contributed by atoms with van der Waals surface area (Å²) < 4.78 is 16.4. The number of carbonyl (C=O) groups excluding carboxylic acids is 2. The van der Waals surface area contributed by atoms with Crippen LogP contribution in [0.15, 0.2) is 18.2 Å². The number of methoxy groups -OCH3 is 1. The van der Waals surface area contributed by atoms with Crippen molar-refractivity contribution in [3.8, 4) is 0 Å². The van der Waals surface area contributed by atoms with Crippen molar-refractivity contribution >= 4 is 11.9 Å². The number of epoxide rings is 1. The van der Waals surface area contributed by atoms with Crippen molar-refractivity contribution in [2.75, 3.05) is 20.7 Å². The average molecular weight is 345 g/mol. The van der Waals surface area contributed by atoms with Crippen molar-refractivity contribution < 1.29 is 23.8 Å². The molecule has 0 bridgehead atoms. The Kier molecular flexibility index (Phi) is 3.19. The molecule has 1 spiro atoms. The molecule has 6 heteroatoms. The zero-order valence-electron chi connectivity index (χ0n) is 15.2. The van der Waals surface area contributed by atoms with Gasteiger partial charge in [-0.1, -0.05) is 23.8 Å². The van der Waals surface area contributed by atoms with Crippen molar-refractivity contribution in [3.63, 3.8) is 0 Å². The van der Waals surface area contributed by atoms with E-state index in [0.717, 1.165) is 0 Å². The molecule has 4 atom stereocenters. The Morgan fingerprint density at radius 1 is 1.36 bits per heavy atom.